The molecule has 0 bridgehead atoms. The summed E-state index contributed by atoms with van der Waals surface area (Å²) >= 11 is 1.74. The molecule has 0 fully saturated rings. The molecule has 0 saturated carbocycles. The quantitative estimate of drug-likeness (QED) is 0.688. The first-order chi connectivity index (χ1) is 8.40. The van der Waals surface area contributed by atoms with Gasteiger partial charge in [0.15, 0.2) is 0 Å². The molecule has 1 aromatic rings. The Bertz CT molecular complexity index is 503. The van der Waals surface area contributed by atoms with E-state index in [9.17, 15) is 8.42 Å². The predicted octanol–water partition coefficient (Wildman–Crippen LogP) is 1.34. The Morgan fingerprint density at radius 2 is 2.11 bits per heavy atom. The molecule has 18 heavy (non-hydrogen) atoms. The van der Waals surface area contributed by atoms with Gasteiger partial charge in [0.1, 0.15) is 4.90 Å². The minimum atomic E-state index is -3.49. The average molecular weight is 289 g/mol. The van der Waals surface area contributed by atoms with Gasteiger partial charge in [-0.2, -0.15) is 11.8 Å². The molecule has 0 amide bonds. The van der Waals surface area contributed by atoms with Gasteiger partial charge in [-0.1, -0.05) is 0 Å². The Labute approximate surface area is 113 Å². The molecule has 0 radical (unpaired) electrons. The third-order valence-electron chi connectivity index (χ3n) is 2.40. The Morgan fingerprint density at radius 1 is 1.44 bits per heavy atom. The maximum atomic E-state index is 11.6. The van der Waals surface area contributed by atoms with E-state index in [1.54, 1.807) is 23.9 Å². The summed E-state index contributed by atoms with van der Waals surface area (Å²) in [5, 5.41) is 3.26. The fourth-order valence-electron chi connectivity index (χ4n) is 1.57. The molecular weight excluding hydrogens is 270 g/mol. The lowest BCUT2D eigenvalue weighted by atomic mass is 10.2. The van der Waals surface area contributed by atoms with Crippen LogP contribution < -0.4 is 15.8 Å². The van der Waals surface area contributed by atoms with Crippen LogP contribution in [0.4, 0.5) is 11.4 Å². The molecule has 0 aromatic heterocycles. The second kappa shape index (κ2) is 6.31. The third kappa shape index (κ3) is 3.79. The van der Waals surface area contributed by atoms with Crippen LogP contribution in [-0.2, 0) is 10.0 Å². The van der Waals surface area contributed by atoms with Crippen molar-refractivity contribution in [1.82, 2.24) is 4.72 Å². The lowest BCUT2D eigenvalue weighted by Crippen LogP contribution is -2.21. The van der Waals surface area contributed by atoms with Gasteiger partial charge in [-0.25, -0.2) is 13.1 Å². The zero-order valence-corrected chi connectivity index (χ0v) is 12.4. The molecule has 1 aromatic carbocycles. The maximum Gasteiger partial charge on any atom is 0.242 e. The summed E-state index contributed by atoms with van der Waals surface area (Å²) in [6.07, 6.45) is 2.04. The van der Waals surface area contributed by atoms with Gasteiger partial charge in [-0.15, -0.1) is 0 Å². The van der Waals surface area contributed by atoms with Crippen molar-refractivity contribution in [2.75, 3.05) is 30.1 Å². The molecular formula is C11H19N3O2S2. The molecule has 0 aliphatic carbocycles. The normalized spacial score (nSPS) is 13.3. The smallest absolute Gasteiger partial charge is 0.242 e. The fourth-order valence-corrected chi connectivity index (χ4v) is 2.99. The summed E-state index contributed by atoms with van der Waals surface area (Å²) in [5.41, 5.74) is 6.83. The van der Waals surface area contributed by atoms with E-state index < -0.39 is 10.0 Å². The summed E-state index contributed by atoms with van der Waals surface area (Å²) in [5.74, 6) is 0.969. The first kappa shape index (κ1) is 15.1. The number of anilines is 2. The van der Waals surface area contributed by atoms with Crippen LogP contribution in [0.5, 0.6) is 0 Å². The monoisotopic (exact) mass is 289 g/mol. The van der Waals surface area contributed by atoms with E-state index in [0.717, 1.165) is 11.4 Å². The number of benzene rings is 1. The maximum absolute atomic E-state index is 11.6. The largest absolute Gasteiger partial charge is 0.398 e. The SMILES string of the molecule is CNS(=O)(=O)c1ccc(NC(C)CSC)cc1N. The predicted molar refractivity (Wildman–Crippen MR) is 78.6 cm³/mol. The number of nitrogen functional groups attached to an aromatic ring is 1. The Morgan fingerprint density at radius 3 is 2.61 bits per heavy atom. The van der Waals surface area contributed by atoms with Crippen molar-refractivity contribution in [2.45, 2.75) is 17.9 Å². The highest BCUT2D eigenvalue weighted by atomic mass is 32.2. The molecule has 1 atom stereocenters. The summed E-state index contributed by atoms with van der Waals surface area (Å²) in [6.45, 7) is 2.06. The van der Waals surface area contributed by atoms with Gasteiger partial charge in [0, 0.05) is 17.5 Å². The molecule has 7 heteroatoms. The van der Waals surface area contributed by atoms with Crippen LogP contribution in [0, 0.1) is 0 Å². The van der Waals surface area contributed by atoms with Crippen molar-refractivity contribution in [3.63, 3.8) is 0 Å². The lowest BCUT2D eigenvalue weighted by Gasteiger charge is -2.15. The van der Waals surface area contributed by atoms with Gasteiger partial charge in [0.25, 0.3) is 0 Å². The zero-order valence-electron chi connectivity index (χ0n) is 10.7. The van der Waals surface area contributed by atoms with E-state index in [4.69, 9.17) is 5.73 Å². The Kier molecular flexibility index (Phi) is 5.30. The van der Waals surface area contributed by atoms with E-state index in [0.29, 0.717) is 6.04 Å². The first-order valence-corrected chi connectivity index (χ1v) is 8.37. The van der Waals surface area contributed by atoms with Gasteiger partial charge in [-0.3, -0.25) is 0 Å². The van der Waals surface area contributed by atoms with Gasteiger partial charge >= 0.3 is 0 Å². The Balaban J connectivity index is 2.93. The first-order valence-electron chi connectivity index (χ1n) is 5.49. The number of hydrogen-bond donors (Lipinski definition) is 3. The van der Waals surface area contributed by atoms with Crippen LogP contribution in [0.3, 0.4) is 0 Å². The van der Waals surface area contributed by atoms with E-state index in [1.165, 1.54) is 13.1 Å². The van der Waals surface area contributed by atoms with Crippen molar-refractivity contribution >= 4 is 33.2 Å². The van der Waals surface area contributed by atoms with Gasteiger partial charge < -0.3 is 11.1 Å². The molecule has 0 heterocycles. The van der Waals surface area contributed by atoms with Gasteiger partial charge in [-0.05, 0) is 38.4 Å². The minimum absolute atomic E-state index is 0.105. The van der Waals surface area contributed by atoms with E-state index >= 15 is 0 Å². The van der Waals surface area contributed by atoms with Crippen LogP contribution in [0.15, 0.2) is 23.1 Å². The summed E-state index contributed by atoms with van der Waals surface area (Å²) in [6, 6.07) is 5.17. The lowest BCUT2D eigenvalue weighted by molar-refractivity contribution is 0.588. The van der Waals surface area contributed by atoms with Crippen molar-refractivity contribution in [3.8, 4) is 0 Å². The number of nitrogens with one attached hydrogen (secondary N) is 2. The second-order valence-electron chi connectivity index (χ2n) is 3.96. The van der Waals surface area contributed by atoms with Gasteiger partial charge in [0.05, 0.1) is 5.69 Å². The average Bonchev–Trinajstić information content (AvgIpc) is 2.29. The third-order valence-corrected chi connectivity index (χ3v) is 4.72. The van der Waals surface area contributed by atoms with E-state index in [2.05, 4.69) is 17.0 Å². The van der Waals surface area contributed by atoms with Crippen LogP contribution in [0.2, 0.25) is 0 Å². The van der Waals surface area contributed by atoms with Crippen molar-refractivity contribution in [2.24, 2.45) is 0 Å². The summed E-state index contributed by atoms with van der Waals surface area (Å²) in [7, 11) is -2.13. The van der Waals surface area contributed by atoms with Crippen molar-refractivity contribution in [3.05, 3.63) is 18.2 Å². The molecule has 5 nitrogen and oxygen atoms in total. The highest BCUT2D eigenvalue weighted by molar-refractivity contribution is 7.98. The molecule has 0 aliphatic heterocycles. The Hall–Kier alpha value is -0.920. The number of hydrogen-bond acceptors (Lipinski definition) is 5. The number of nitrogens with two attached hydrogens (primary N) is 1. The van der Waals surface area contributed by atoms with Crippen LogP contribution in [-0.4, -0.2) is 33.5 Å². The van der Waals surface area contributed by atoms with Crippen molar-refractivity contribution in [1.29, 1.82) is 0 Å². The molecule has 1 rings (SSSR count). The van der Waals surface area contributed by atoms with Crippen molar-refractivity contribution < 1.29 is 8.42 Å². The molecule has 0 saturated heterocycles. The summed E-state index contributed by atoms with van der Waals surface area (Å²) < 4.78 is 25.5. The van der Waals surface area contributed by atoms with Crippen LogP contribution in [0.25, 0.3) is 0 Å². The van der Waals surface area contributed by atoms with E-state index in [-0.39, 0.29) is 10.6 Å². The van der Waals surface area contributed by atoms with Gasteiger partial charge in [0.2, 0.25) is 10.0 Å². The van der Waals surface area contributed by atoms with Crippen LogP contribution in [0.1, 0.15) is 6.92 Å². The topological polar surface area (TPSA) is 84.2 Å². The number of rotatable bonds is 6. The molecule has 4 N–H and O–H groups in total. The second-order valence-corrected chi connectivity index (χ2v) is 6.73. The number of sulfonamides is 1. The molecule has 0 spiro atoms. The standard InChI is InChI=1S/C11H19N3O2S2/c1-8(7-17-3)14-9-4-5-11(10(12)6-9)18(15,16)13-2/h4-6,8,13-14H,7,12H2,1-3H3. The molecule has 1 unspecified atom stereocenters. The number of thioether (sulfide) groups is 1. The highest BCUT2D eigenvalue weighted by Crippen LogP contribution is 2.22. The fraction of sp³-hybridized carbons (Fsp3) is 0.455. The highest BCUT2D eigenvalue weighted by Gasteiger charge is 2.15. The minimum Gasteiger partial charge on any atom is -0.398 e. The zero-order chi connectivity index (χ0) is 13.8. The molecule has 102 valence electrons. The van der Waals surface area contributed by atoms with E-state index in [1.807, 2.05) is 6.26 Å². The summed E-state index contributed by atoms with van der Waals surface area (Å²) in [4.78, 5) is 0.105. The molecule has 0 aliphatic rings. The van der Waals surface area contributed by atoms with Crippen LogP contribution >= 0.6 is 11.8 Å².